The van der Waals surface area contributed by atoms with E-state index in [1.807, 2.05) is 32.0 Å². The van der Waals surface area contributed by atoms with Crippen molar-refractivity contribution >= 4 is 23.2 Å². The van der Waals surface area contributed by atoms with Crippen molar-refractivity contribution in [3.8, 4) is 11.5 Å². The van der Waals surface area contributed by atoms with Crippen molar-refractivity contribution in [2.75, 3.05) is 18.5 Å². The summed E-state index contributed by atoms with van der Waals surface area (Å²) in [5.41, 5.74) is 1.61. The number of anilines is 1. The molecule has 5 heteroatoms. The summed E-state index contributed by atoms with van der Waals surface area (Å²) in [6, 6.07) is 12.5. The van der Waals surface area contributed by atoms with Crippen molar-refractivity contribution in [1.29, 1.82) is 0 Å². The first kappa shape index (κ1) is 16.2. The maximum Gasteiger partial charge on any atom is 0.262 e. The van der Waals surface area contributed by atoms with Crippen LogP contribution in [0.15, 0.2) is 42.5 Å². The molecule has 0 spiro atoms. The molecule has 0 saturated carbocycles. The van der Waals surface area contributed by atoms with E-state index in [-0.39, 0.29) is 12.5 Å². The van der Waals surface area contributed by atoms with Gasteiger partial charge in [-0.1, -0.05) is 23.7 Å². The molecule has 0 atom stereocenters. The molecule has 0 heterocycles. The maximum absolute atomic E-state index is 11.9. The number of halogens is 1. The lowest BCUT2D eigenvalue weighted by Crippen LogP contribution is -2.20. The van der Waals surface area contributed by atoms with Crippen LogP contribution < -0.4 is 14.8 Å². The molecule has 1 N–H and O–H groups in total. The van der Waals surface area contributed by atoms with Gasteiger partial charge in [-0.15, -0.1) is 0 Å². The average molecular weight is 320 g/mol. The van der Waals surface area contributed by atoms with E-state index in [4.69, 9.17) is 21.1 Å². The zero-order valence-electron chi connectivity index (χ0n) is 12.6. The summed E-state index contributed by atoms with van der Waals surface area (Å²) in [5.74, 6) is 1.05. The highest BCUT2D eigenvalue weighted by Gasteiger charge is 2.06. The number of aryl methyl sites for hydroxylation is 1. The predicted molar refractivity (Wildman–Crippen MR) is 87.9 cm³/mol. The topological polar surface area (TPSA) is 47.6 Å². The molecule has 22 heavy (non-hydrogen) atoms. The molecule has 0 bridgehead atoms. The molecule has 2 aromatic rings. The van der Waals surface area contributed by atoms with E-state index < -0.39 is 0 Å². The molecule has 2 aromatic carbocycles. The minimum Gasteiger partial charge on any atom is -0.494 e. The van der Waals surface area contributed by atoms with E-state index >= 15 is 0 Å². The van der Waals surface area contributed by atoms with Crippen molar-refractivity contribution in [2.45, 2.75) is 13.8 Å². The number of hydrogen-bond acceptors (Lipinski definition) is 3. The SMILES string of the molecule is CCOc1cccc(OCC(=O)Nc2ccc(C)c(Cl)c2)c1. The molecule has 0 aliphatic carbocycles. The van der Waals surface area contributed by atoms with Crippen LogP contribution in [0.2, 0.25) is 5.02 Å². The molecule has 0 aromatic heterocycles. The molecule has 4 nitrogen and oxygen atoms in total. The molecular formula is C17H18ClNO3. The van der Waals surface area contributed by atoms with Gasteiger partial charge in [-0.3, -0.25) is 4.79 Å². The third-order valence-corrected chi connectivity index (χ3v) is 3.35. The number of benzene rings is 2. The van der Waals surface area contributed by atoms with Gasteiger partial charge in [-0.05, 0) is 43.7 Å². The first-order valence-corrected chi connectivity index (χ1v) is 7.38. The van der Waals surface area contributed by atoms with Crippen LogP contribution in [0.3, 0.4) is 0 Å². The number of amides is 1. The Morgan fingerprint density at radius 1 is 1.14 bits per heavy atom. The van der Waals surface area contributed by atoms with Crippen molar-refractivity contribution in [3.05, 3.63) is 53.1 Å². The summed E-state index contributed by atoms with van der Waals surface area (Å²) in [6.07, 6.45) is 0. The van der Waals surface area contributed by atoms with E-state index in [1.54, 1.807) is 24.3 Å². The second-order valence-electron chi connectivity index (χ2n) is 4.71. The predicted octanol–water partition coefficient (Wildman–Crippen LogP) is 4.06. The third kappa shape index (κ3) is 4.67. The fourth-order valence-corrected chi connectivity index (χ4v) is 2.02. The van der Waals surface area contributed by atoms with Gasteiger partial charge in [-0.25, -0.2) is 0 Å². The number of carbonyl (C=O) groups excluding carboxylic acids is 1. The van der Waals surface area contributed by atoms with Gasteiger partial charge in [0, 0.05) is 16.8 Å². The van der Waals surface area contributed by atoms with Crippen LogP contribution in [0.4, 0.5) is 5.69 Å². The van der Waals surface area contributed by atoms with Gasteiger partial charge >= 0.3 is 0 Å². The van der Waals surface area contributed by atoms with Crippen LogP contribution >= 0.6 is 11.6 Å². The second-order valence-corrected chi connectivity index (χ2v) is 5.12. The van der Waals surface area contributed by atoms with E-state index in [2.05, 4.69) is 5.32 Å². The summed E-state index contributed by atoms with van der Waals surface area (Å²) in [5, 5.41) is 3.35. The maximum atomic E-state index is 11.9. The summed E-state index contributed by atoms with van der Waals surface area (Å²) in [7, 11) is 0. The Morgan fingerprint density at radius 3 is 2.55 bits per heavy atom. The molecule has 1 amide bonds. The van der Waals surface area contributed by atoms with Crippen LogP contribution in [0.5, 0.6) is 11.5 Å². The smallest absolute Gasteiger partial charge is 0.262 e. The van der Waals surface area contributed by atoms with Gasteiger partial charge in [0.15, 0.2) is 6.61 Å². The number of rotatable bonds is 6. The molecule has 0 saturated heterocycles. The van der Waals surface area contributed by atoms with Crippen LogP contribution in [0.25, 0.3) is 0 Å². The van der Waals surface area contributed by atoms with E-state index in [1.165, 1.54) is 0 Å². The van der Waals surface area contributed by atoms with E-state index in [9.17, 15) is 4.79 Å². The third-order valence-electron chi connectivity index (χ3n) is 2.94. The van der Waals surface area contributed by atoms with Crippen molar-refractivity contribution < 1.29 is 14.3 Å². The Hall–Kier alpha value is -2.20. The minimum absolute atomic E-state index is 0.0823. The highest BCUT2D eigenvalue weighted by Crippen LogP contribution is 2.21. The van der Waals surface area contributed by atoms with Gasteiger partial charge in [0.2, 0.25) is 0 Å². The molecular weight excluding hydrogens is 302 g/mol. The minimum atomic E-state index is -0.248. The average Bonchev–Trinajstić information content (AvgIpc) is 2.50. The van der Waals surface area contributed by atoms with Crippen molar-refractivity contribution in [2.24, 2.45) is 0 Å². The highest BCUT2D eigenvalue weighted by molar-refractivity contribution is 6.31. The Balaban J connectivity index is 1.89. The van der Waals surface area contributed by atoms with Gasteiger partial charge in [0.05, 0.1) is 6.61 Å². The lowest BCUT2D eigenvalue weighted by atomic mass is 10.2. The van der Waals surface area contributed by atoms with Gasteiger partial charge in [0.1, 0.15) is 11.5 Å². The first-order chi connectivity index (χ1) is 10.6. The van der Waals surface area contributed by atoms with Crippen molar-refractivity contribution in [1.82, 2.24) is 0 Å². The monoisotopic (exact) mass is 319 g/mol. The Bertz CT molecular complexity index is 658. The number of nitrogens with one attached hydrogen (secondary N) is 1. The molecule has 0 aliphatic heterocycles. The summed E-state index contributed by atoms with van der Waals surface area (Å²) < 4.78 is 10.8. The molecule has 2 rings (SSSR count). The standard InChI is InChI=1S/C17H18ClNO3/c1-3-21-14-5-4-6-15(10-14)22-11-17(20)19-13-8-7-12(2)16(18)9-13/h4-10H,3,11H2,1-2H3,(H,19,20). The summed E-state index contributed by atoms with van der Waals surface area (Å²) in [4.78, 5) is 11.9. The molecule has 0 unspecified atom stereocenters. The quantitative estimate of drug-likeness (QED) is 0.873. The largest absolute Gasteiger partial charge is 0.494 e. The van der Waals surface area contributed by atoms with Crippen LogP contribution in [0.1, 0.15) is 12.5 Å². The normalized spacial score (nSPS) is 10.1. The van der Waals surface area contributed by atoms with E-state index in [0.29, 0.717) is 28.8 Å². The Labute approximate surface area is 135 Å². The van der Waals surface area contributed by atoms with Crippen LogP contribution in [0, 0.1) is 6.92 Å². The number of carbonyl (C=O) groups is 1. The van der Waals surface area contributed by atoms with Crippen molar-refractivity contribution in [3.63, 3.8) is 0 Å². The van der Waals surface area contributed by atoms with Gasteiger partial charge < -0.3 is 14.8 Å². The fourth-order valence-electron chi connectivity index (χ4n) is 1.84. The van der Waals surface area contributed by atoms with Gasteiger partial charge in [-0.2, -0.15) is 0 Å². The Kier molecular flexibility index (Phi) is 5.67. The lowest BCUT2D eigenvalue weighted by molar-refractivity contribution is -0.118. The molecule has 0 fully saturated rings. The van der Waals surface area contributed by atoms with E-state index in [0.717, 1.165) is 5.56 Å². The van der Waals surface area contributed by atoms with Gasteiger partial charge in [0.25, 0.3) is 5.91 Å². The zero-order chi connectivity index (χ0) is 15.9. The molecule has 0 radical (unpaired) electrons. The fraction of sp³-hybridized carbons (Fsp3) is 0.235. The van der Waals surface area contributed by atoms with Crippen LogP contribution in [-0.2, 0) is 4.79 Å². The zero-order valence-corrected chi connectivity index (χ0v) is 13.3. The van der Waals surface area contributed by atoms with Crippen LogP contribution in [-0.4, -0.2) is 19.1 Å². The second kappa shape index (κ2) is 7.71. The lowest BCUT2D eigenvalue weighted by Gasteiger charge is -2.09. The Morgan fingerprint density at radius 2 is 1.86 bits per heavy atom. The number of ether oxygens (including phenoxy) is 2. The summed E-state index contributed by atoms with van der Waals surface area (Å²) in [6.45, 7) is 4.31. The molecule has 116 valence electrons. The first-order valence-electron chi connectivity index (χ1n) is 7.00. The summed E-state index contributed by atoms with van der Waals surface area (Å²) >= 11 is 6.02. The number of hydrogen-bond donors (Lipinski definition) is 1. The molecule has 0 aliphatic rings. The highest BCUT2D eigenvalue weighted by atomic mass is 35.5.